The van der Waals surface area contributed by atoms with Gasteiger partial charge < -0.3 is 15.3 Å². The first kappa shape index (κ1) is 14.9. The van der Waals surface area contributed by atoms with Crippen molar-refractivity contribution in [3.05, 3.63) is 29.8 Å². The van der Waals surface area contributed by atoms with E-state index >= 15 is 0 Å². The lowest BCUT2D eigenvalue weighted by molar-refractivity contribution is 0.147. The Hall–Kier alpha value is -1.55. The quantitative estimate of drug-likeness (QED) is 0.870. The summed E-state index contributed by atoms with van der Waals surface area (Å²) in [5, 5.41) is 12.4. The minimum Gasteiger partial charge on any atom is -0.389 e. The molecule has 2 N–H and O–H groups in total. The van der Waals surface area contributed by atoms with Crippen LogP contribution < -0.4 is 5.32 Å². The molecule has 1 aliphatic rings. The molecule has 2 rings (SSSR count). The Morgan fingerprint density at radius 3 is 2.55 bits per heavy atom. The van der Waals surface area contributed by atoms with E-state index in [0.717, 1.165) is 24.2 Å². The van der Waals surface area contributed by atoms with Crippen molar-refractivity contribution >= 4 is 11.7 Å². The number of hydrogen-bond donors (Lipinski definition) is 2. The molecule has 3 unspecified atom stereocenters. The lowest BCUT2D eigenvalue weighted by Gasteiger charge is -2.36. The fourth-order valence-corrected chi connectivity index (χ4v) is 2.61. The third kappa shape index (κ3) is 3.51. The molecular formula is C16H24N2O2. The number of amides is 2. The van der Waals surface area contributed by atoms with E-state index in [-0.39, 0.29) is 6.03 Å². The van der Waals surface area contributed by atoms with Crippen molar-refractivity contribution in [3.8, 4) is 0 Å². The third-order valence-electron chi connectivity index (χ3n) is 4.02. The van der Waals surface area contributed by atoms with Gasteiger partial charge in [-0.15, -0.1) is 0 Å². The van der Waals surface area contributed by atoms with Gasteiger partial charge in [0.15, 0.2) is 0 Å². The maximum atomic E-state index is 12.3. The Bertz CT molecular complexity index is 456. The minimum absolute atomic E-state index is 0.0335. The van der Waals surface area contributed by atoms with Crippen molar-refractivity contribution in [2.24, 2.45) is 5.92 Å². The SMILES string of the molecule is CC1CCC(C)N(C(=O)Nc2ccc(C(C)O)cc2)C1. The Morgan fingerprint density at radius 2 is 1.95 bits per heavy atom. The lowest BCUT2D eigenvalue weighted by Crippen LogP contribution is -2.46. The van der Waals surface area contributed by atoms with Gasteiger partial charge in [-0.05, 0) is 50.3 Å². The number of likely N-dealkylation sites (tertiary alicyclic amines) is 1. The van der Waals surface area contributed by atoms with Gasteiger partial charge >= 0.3 is 6.03 Å². The molecule has 3 atom stereocenters. The van der Waals surface area contributed by atoms with Crippen molar-refractivity contribution in [3.63, 3.8) is 0 Å². The molecule has 0 saturated carbocycles. The first-order valence-corrected chi connectivity index (χ1v) is 7.33. The first-order valence-electron chi connectivity index (χ1n) is 7.33. The summed E-state index contributed by atoms with van der Waals surface area (Å²) < 4.78 is 0. The van der Waals surface area contributed by atoms with Gasteiger partial charge in [0.25, 0.3) is 0 Å². The molecule has 0 bridgehead atoms. The average molecular weight is 276 g/mol. The first-order chi connectivity index (χ1) is 9.47. The van der Waals surface area contributed by atoms with Gasteiger partial charge in [0, 0.05) is 18.3 Å². The Morgan fingerprint density at radius 1 is 1.30 bits per heavy atom. The number of carbonyl (C=O) groups is 1. The number of carbonyl (C=O) groups excluding carboxylic acids is 1. The summed E-state index contributed by atoms with van der Waals surface area (Å²) >= 11 is 0. The highest BCUT2D eigenvalue weighted by Gasteiger charge is 2.26. The predicted octanol–water partition coefficient (Wildman–Crippen LogP) is 3.39. The molecule has 1 fully saturated rings. The van der Waals surface area contributed by atoms with Gasteiger partial charge in [0.1, 0.15) is 0 Å². The van der Waals surface area contributed by atoms with Crippen molar-refractivity contribution in [2.45, 2.75) is 45.8 Å². The number of nitrogens with zero attached hydrogens (tertiary/aromatic N) is 1. The number of hydrogen-bond acceptors (Lipinski definition) is 2. The Balaban J connectivity index is 2.00. The Labute approximate surface area is 120 Å². The molecule has 1 heterocycles. The maximum Gasteiger partial charge on any atom is 0.322 e. The standard InChI is InChI=1S/C16H24N2O2/c1-11-4-5-12(2)18(10-11)16(20)17-15-8-6-14(7-9-15)13(3)19/h6-9,11-13,19H,4-5,10H2,1-3H3,(H,17,20). The summed E-state index contributed by atoms with van der Waals surface area (Å²) in [4.78, 5) is 14.2. The topological polar surface area (TPSA) is 52.6 Å². The van der Waals surface area contributed by atoms with Gasteiger partial charge in [-0.1, -0.05) is 19.1 Å². The molecule has 110 valence electrons. The zero-order chi connectivity index (χ0) is 14.7. The predicted molar refractivity (Wildman–Crippen MR) is 80.7 cm³/mol. The summed E-state index contributed by atoms with van der Waals surface area (Å²) in [6.07, 6.45) is 1.77. The van der Waals surface area contributed by atoms with E-state index in [1.165, 1.54) is 6.42 Å². The van der Waals surface area contributed by atoms with E-state index in [0.29, 0.717) is 12.0 Å². The van der Waals surface area contributed by atoms with Crippen LogP contribution in [0.25, 0.3) is 0 Å². The van der Waals surface area contributed by atoms with Crippen LogP contribution in [0.5, 0.6) is 0 Å². The number of benzene rings is 1. The molecule has 1 aliphatic heterocycles. The van der Waals surface area contributed by atoms with Crippen LogP contribution in [0, 0.1) is 5.92 Å². The highest BCUT2D eigenvalue weighted by Crippen LogP contribution is 2.22. The van der Waals surface area contributed by atoms with Gasteiger partial charge in [0.05, 0.1) is 6.10 Å². The number of aliphatic hydroxyl groups excluding tert-OH is 1. The van der Waals surface area contributed by atoms with E-state index in [4.69, 9.17) is 0 Å². The smallest absolute Gasteiger partial charge is 0.322 e. The molecule has 1 saturated heterocycles. The second kappa shape index (κ2) is 6.27. The van der Waals surface area contributed by atoms with Crippen LogP contribution in [0.15, 0.2) is 24.3 Å². The molecule has 2 amide bonds. The molecule has 4 heteroatoms. The molecule has 20 heavy (non-hydrogen) atoms. The molecule has 0 aromatic heterocycles. The van der Waals surface area contributed by atoms with Crippen LogP contribution >= 0.6 is 0 Å². The van der Waals surface area contributed by atoms with Crippen LogP contribution in [0.4, 0.5) is 10.5 Å². The monoisotopic (exact) mass is 276 g/mol. The number of nitrogens with one attached hydrogen (secondary N) is 1. The summed E-state index contributed by atoms with van der Waals surface area (Å²) in [6, 6.07) is 7.60. The van der Waals surface area contributed by atoms with Crippen LogP contribution in [0.1, 0.15) is 45.3 Å². The van der Waals surface area contributed by atoms with Crippen molar-refractivity contribution in [1.29, 1.82) is 0 Å². The summed E-state index contributed by atoms with van der Waals surface area (Å²) in [6.45, 7) is 6.83. The van der Waals surface area contributed by atoms with E-state index < -0.39 is 6.10 Å². The number of aliphatic hydroxyl groups is 1. The van der Waals surface area contributed by atoms with Crippen molar-refractivity contribution < 1.29 is 9.90 Å². The van der Waals surface area contributed by atoms with E-state index in [9.17, 15) is 9.90 Å². The van der Waals surface area contributed by atoms with Crippen molar-refractivity contribution in [1.82, 2.24) is 4.90 Å². The highest BCUT2D eigenvalue weighted by molar-refractivity contribution is 5.89. The van der Waals surface area contributed by atoms with Crippen LogP contribution in [0.2, 0.25) is 0 Å². The molecule has 0 radical (unpaired) electrons. The average Bonchev–Trinajstić information content (AvgIpc) is 2.42. The summed E-state index contributed by atoms with van der Waals surface area (Å²) in [5.74, 6) is 0.564. The van der Waals surface area contributed by atoms with Gasteiger partial charge in [0.2, 0.25) is 0 Å². The molecule has 0 spiro atoms. The number of piperidine rings is 1. The van der Waals surface area contributed by atoms with E-state index in [1.54, 1.807) is 6.92 Å². The van der Waals surface area contributed by atoms with Crippen LogP contribution in [-0.2, 0) is 0 Å². The second-order valence-electron chi connectivity index (χ2n) is 5.91. The maximum absolute atomic E-state index is 12.3. The molecular weight excluding hydrogens is 252 g/mol. The number of urea groups is 1. The number of anilines is 1. The largest absolute Gasteiger partial charge is 0.389 e. The van der Waals surface area contributed by atoms with Crippen LogP contribution in [0.3, 0.4) is 0 Å². The minimum atomic E-state index is -0.484. The lowest BCUT2D eigenvalue weighted by atomic mass is 9.95. The van der Waals surface area contributed by atoms with E-state index in [1.807, 2.05) is 29.2 Å². The van der Waals surface area contributed by atoms with Gasteiger partial charge in [-0.25, -0.2) is 4.79 Å². The van der Waals surface area contributed by atoms with Gasteiger partial charge in [-0.3, -0.25) is 0 Å². The molecule has 4 nitrogen and oxygen atoms in total. The molecule has 1 aromatic carbocycles. The molecule has 0 aliphatic carbocycles. The number of rotatable bonds is 2. The zero-order valence-electron chi connectivity index (χ0n) is 12.5. The normalized spacial score (nSPS) is 24.3. The van der Waals surface area contributed by atoms with Crippen LogP contribution in [-0.4, -0.2) is 28.6 Å². The Kier molecular flexibility index (Phi) is 4.65. The van der Waals surface area contributed by atoms with Gasteiger partial charge in [-0.2, -0.15) is 0 Å². The third-order valence-corrected chi connectivity index (χ3v) is 4.02. The molecule has 1 aromatic rings. The van der Waals surface area contributed by atoms with Crippen molar-refractivity contribution in [2.75, 3.05) is 11.9 Å². The fraction of sp³-hybridized carbons (Fsp3) is 0.562. The van der Waals surface area contributed by atoms with E-state index in [2.05, 4.69) is 19.2 Å². The summed E-state index contributed by atoms with van der Waals surface area (Å²) in [5.41, 5.74) is 1.62. The zero-order valence-corrected chi connectivity index (χ0v) is 12.5. The second-order valence-corrected chi connectivity index (χ2v) is 5.91. The fourth-order valence-electron chi connectivity index (χ4n) is 2.61. The highest BCUT2D eigenvalue weighted by atomic mass is 16.3. The summed E-state index contributed by atoms with van der Waals surface area (Å²) in [7, 11) is 0.